The number of amides is 1. The Hall–Kier alpha value is -1.96. The fourth-order valence-corrected chi connectivity index (χ4v) is 5.41. The molecule has 32 heavy (non-hydrogen) atoms. The maximum Gasteiger partial charge on any atom is 0.228 e. The van der Waals surface area contributed by atoms with Crippen molar-refractivity contribution < 1.29 is 14.3 Å². The van der Waals surface area contributed by atoms with Crippen LogP contribution in [0, 0.1) is 12.8 Å². The summed E-state index contributed by atoms with van der Waals surface area (Å²) >= 11 is 1.56. The summed E-state index contributed by atoms with van der Waals surface area (Å²) in [5, 5.41) is 2.89. The van der Waals surface area contributed by atoms with Gasteiger partial charge in [0.25, 0.3) is 0 Å². The van der Waals surface area contributed by atoms with Crippen LogP contribution in [0.15, 0.2) is 29.6 Å². The van der Waals surface area contributed by atoms with Crippen molar-refractivity contribution in [1.82, 2.24) is 14.8 Å². The zero-order valence-electron chi connectivity index (χ0n) is 19.5. The lowest BCUT2D eigenvalue weighted by atomic mass is 9.95. The van der Waals surface area contributed by atoms with Gasteiger partial charge in [0.2, 0.25) is 5.91 Å². The molecule has 2 fully saturated rings. The molecule has 2 atom stereocenters. The first-order valence-electron chi connectivity index (χ1n) is 11.7. The van der Waals surface area contributed by atoms with Crippen molar-refractivity contribution in [3.63, 3.8) is 0 Å². The number of ether oxygens (including phenoxy) is 2. The number of morpholine rings is 1. The van der Waals surface area contributed by atoms with Gasteiger partial charge >= 0.3 is 0 Å². The summed E-state index contributed by atoms with van der Waals surface area (Å²) in [6.07, 6.45) is 3.16. The maximum atomic E-state index is 12.8. The van der Waals surface area contributed by atoms with Gasteiger partial charge in [0, 0.05) is 38.1 Å². The van der Waals surface area contributed by atoms with Gasteiger partial charge in [-0.15, -0.1) is 11.3 Å². The van der Waals surface area contributed by atoms with Crippen molar-refractivity contribution in [2.45, 2.75) is 58.8 Å². The van der Waals surface area contributed by atoms with Gasteiger partial charge in [-0.1, -0.05) is 17.7 Å². The van der Waals surface area contributed by atoms with E-state index in [4.69, 9.17) is 9.47 Å². The first-order chi connectivity index (χ1) is 15.4. The second-order valence-corrected chi connectivity index (χ2v) is 10.3. The maximum absolute atomic E-state index is 12.8. The van der Waals surface area contributed by atoms with Crippen molar-refractivity contribution in [1.29, 1.82) is 0 Å². The van der Waals surface area contributed by atoms with Crippen LogP contribution in [0.2, 0.25) is 0 Å². The molecule has 2 saturated heterocycles. The summed E-state index contributed by atoms with van der Waals surface area (Å²) in [7, 11) is 0. The standard InChI is InChI=1S/C25H35N3O3S/c1-18-4-6-23(7-5-18)30-16-24-26-22(17-32-24)12-25(29)28-10-8-21(9-11-28)15-27-13-19(2)31-20(3)14-27/h4-7,17,19-21H,8-16H2,1-3H3. The Morgan fingerprint density at radius 2 is 1.84 bits per heavy atom. The van der Waals surface area contributed by atoms with Gasteiger partial charge in [-0.25, -0.2) is 4.98 Å². The Bertz CT molecular complexity index is 867. The number of benzene rings is 1. The number of aromatic nitrogens is 1. The highest BCUT2D eigenvalue weighted by atomic mass is 32.1. The van der Waals surface area contributed by atoms with Gasteiger partial charge in [0.05, 0.1) is 24.3 Å². The Balaban J connectivity index is 1.19. The molecule has 0 saturated carbocycles. The van der Waals surface area contributed by atoms with Gasteiger partial charge in [0.15, 0.2) is 0 Å². The number of thiazole rings is 1. The molecule has 1 aromatic heterocycles. The minimum absolute atomic E-state index is 0.188. The molecule has 4 rings (SSSR count). The normalized spacial score (nSPS) is 22.8. The molecule has 2 aliphatic heterocycles. The minimum Gasteiger partial charge on any atom is -0.486 e. The van der Waals surface area contributed by atoms with Crippen molar-refractivity contribution in [2.24, 2.45) is 5.92 Å². The second kappa shape index (κ2) is 10.8. The van der Waals surface area contributed by atoms with Crippen LogP contribution in [0.3, 0.4) is 0 Å². The molecule has 0 radical (unpaired) electrons. The molecule has 174 valence electrons. The molecule has 2 aliphatic rings. The van der Waals surface area contributed by atoms with E-state index >= 15 is 0 Å². The average Bonchev–Trinajstić information content (AvgIpc) is 3.20. The van der Waals surface area contributed by atoms with Gasteiger partial charge in [0.1, 0.15) is 17.4 Å². The van der Waals surface area contributed by atoms with Crippen LogP contribution in [0.4, 0.5) is 0 Å². The Labute approximate surface area is 195 Å². The Morgan fingerprint density at radius 3 is 2.53 bits per heavy atom. The number of rotatable bonds is 7. The van der Waals surface area contributed by atoms with Crippen molar-refractivity contribution in [3.05, 3.63) is 45.9 Å². The van der Waals surface area contributed by atoms with Crippen LogP contribution in [0.1, 0.15) is 43.0 Å². The first kappa shape index (κ1) is 23.2. The van der Waals surface area contributed by atoms with Crippen molar-refractivity contribution in [3.8, 4) is 5.75 Å². The summed E-state index contributed by atoms with van der Waals surface area (Å²) in [5.74, 6) is 1.70. The highest BCUT2D eigenvalue weighted by molar-refractivity contribution is 7.09. The minimum atomic E-state index is 0.188. The number of carbonyl (C=O) groups excluding carboxylic acids is 1. The number of piperidine rings is 1. The topological polar surface area (TPSA) is 54.9 Å². The molecular weight excluding hydrogens is 422 g/mol. The lowest BCUT2D eigenvalue weighted by Gasteiger charge is -2.39. The predicted octanol–water partition coefficient (Wildman–Crippen LogP) is 3.92. The third-order valence-electron chi connectivity index (χ3n) is 6.29. The number of likely N-dealkylation sites (tertiary alicyclic amines) is 1. The zero-order valence-corrected chi connectivity index (χ0v) is 20.3. The largest absolute Gasteiger partial charge is 0.486 e. The van der Waals surface area contributed by atoms with E-state index in [2.05, 4.69) is 30.7 Å². The van der Waals surface area contributed by atoms with E-state index in [-0.39, 0.29) is 5.91 Å². The monoisotopic (exact) mass is 457 g/mol. The molecule has 1 aromatic carbocycles. The molecular formula is C25H35N3O3S. The van der Waals surface area contributed by atoms with Crippen LogP contribution in [0.25, 0.3) is 0 Å². The number of hydrogen-bond donors (Lipinski definition) is 0. The first-order valence-corrected chi connectivity index (χ1v) is 12.6. The van der Waals surface area contributed by atoms with Crippen molar-refractivity contribution in [2.75, 3.05) is 32.7 Å². The lowest BCUT2D eigenvalue weighted by molar-refractivity contribution is -0.132. The van der Waals surface area contributed by atoms with E-state index in [1.165, 1.54) is 5.56 Å². The van der Waals surface area contributed by atoms with Crippen LogP contribution in [0.5, 0.6) is 5.75 Å². The van der Waals surface area contributed by atoms with Gasteiger partial charge < -0.3 is 14.4 Å². The number of hydrogen-bond acceptors (Lipinski definition) is 6. The highest BCUT2D eigenvalue weighted by Gasteiger charge is 2.28. The summed E-state index contributed by atoms with van der Waals surface area (Å²) in [4.78, 5) is 22.0. The molecule has 2 unspecified atom stereocenters. The molecule has 6 nitrogen and oxygen atoms in total. The smallest absolute Gasteiger partial charge is 0.228 e. The number of nitrogens with zero attached hydrogens (tertiary/aromatic N) is 3. The predicted molar refractivity (Wildman–Crippen MR) is 127 cm³/mol. The van der Waals surface area contributed by atoms with Crippen LogP contribution in [-0.4, -0.2) is 65.6 Å². The van der Waals surface area contributed by atoms with E-state index in [0.29, 0.717) is 31.2 Å². The number of carbonyl (C=O) groups is 1. The van der Waals surface area contributed by atoms with Crippen LogP contribution in [-0.2, 0) is 22.6 Å². The third kappa shape index (κ3) is 6.53. The Morgan fingerprint density at radius 1 is 1.16 bits per heavy atom. The highest BCUT2D eigenvalue weighted by Crippen LogP contribution is 2.22. The molecule has 0 aliphatic carbocycles. The summed E-state index contributed by atoms with van der Waals surface area (Å²) < 4.78 is 11.7. The van der Waals surface area contributed by atoms with Gasteiger partial charge in [-0.05, 0) is 51.7 Å². The molecule has 7 heteroatoms. The molecule has 3 heterocycles. The van der Waals surface area contributed by atoms with Crippen molar-refractivity contribution >= 4 is 17.2 Å². The molecule has 2 aromatic rings. The van der Waals surface area contributed by atoms with E-state index < -0.39 is 0 Å². The van der Waals surface area contributed by atoms with Gasteiger partial charge in [-0.2, -0.15) is 0 Å². The summed E-state index contributed by atoms with van der Waals surface area (Å²) in [5.41, 5.74) is 2.06. The van der Waals surface area contributed by atoms with Crippen LogP contribution < -0.4 is 4.74 Å². The average molecular weight is 458 g/mol. The van der Waals surface area contributed by atoms with E-state index in [1.54, 1.807) is 11.3 Å². The SMILES string of the molecule is Cc1ccc(OCc2nc(CC(=O)N3CCC(CN4CC(C)OC(C)C4)CC3)cs2)cc1. The fraction of sp³-hybridized carbons (Fsp3) is 0.600. The third-order valence-corrected chi connectivity index (χ3v) is 7.16. The second-order valence-electron chi connectivity index (χ2n) is 9.31. The lowest BCUT2D eigenvalue weighted by Crippen LogP contribution is -2.48. The molecule has 0 spiro atoms. The van der Waals surface area contributed by atoms with E-state index in [0.717, 1.165) is 62.0 Å². The van der Waals surface area contributed by atoms with Crippen LogP contribution >= 0.6 is 11.3 Å². The summed E-state index contributed by atoms with van der Waals surface area (Å²) in [6, 6.07) is 8.01. The fourth-order valence-electron chi connectivity index (χ4n) is 4.71. The van der Waals surface area contributed by atoms with Gasteiger partial charge in [-0.3, -0.25) is 9.69 Å². The Kier molecular flexibility index (Phi) is 7.81. The number of aryl methyl sites for hydroxylation is 1. The van der Waals surface area contributed by atoms with E-state index in [9.17, 15) is 4.79 Å². The molecule has 0 N–H and O–H groups in total. The zero-order chi connectivity index (χ0) is 22.5. The molecule has 0 bridgehead atoms. The summed E-state index contributed by atoms with van der Waals surface area (Å²) in [6.45, 7) is 11.7. The molecule has 1 amide bonds. The quantitative estimate of drug-likeness (QED) is 0.631. The van der Waals surface area contributed by atoms with E-state index in [1.807, 2.05) is 34.5 Å².